The van der Waals surface area contributed by atoms with Crippen molar-refractivity contribution in [3.8, 4) is 5.75 Å². The van der Waals surface area contributed by atoms with Crippen LogP contribution in [0.15, 0.2) is 60.0 Å². The summed E-state index contributed by atoms with van der Waals surface area (Å²) in [6.07, 6.45) is 0.815. The third-order valence-electron chi connectivity index (χ3n) is 3.62. The monoisotopic (exact) mass is 352 g/mol. The number of aryl methyl sites for hydroxylation is 1. The number of hydrogen-bond donors (Lipinski definition) is 1. The van der Waals surface area contributed by atoms with Gasteiger partial charge >= 0.3 is 0 Å². The van der Waals surface area contributed by atoms with Crippen LogP contribution in [0.1, 0.15) is 21.8 Å². The molecule has 2 aromatic carbocycles. The van der Waals surface area contributed by atoms with Gasteiger partial charge in [0.15, 0.2) is 6.61 Å². The summed E-state index contributed by atoms with van der Waals surface area (Å²) in [5.41, 5.74) is 3.21. The van der Waals surface area contributed by atoms with Crippen molar-refractivity contribution in [1.29, 1.82) is 0 Å². The molecule has 128 valence electrons. The van der Waals surface area contributed by atoms with Gasteiger partial charge in [0.2, 0.25) is 0 Å². The van der Waals surface area contributed by atoms with Crippen molar-refractivity contribution >= 4 is 17.2 Å². The van der Waals surface area contributed by atoms with Crippen molar-refractivity contribution in [2.75, 3.05) is 6.61 Å². The first-order chi connectivity index (χ1) is 12.2. The number of amides is 1. The Balaban J connectivity index is 1.44. The molecule has 1 N–H and O–H groups in total. The second kappa shape index (κ2) is 8.44. The number of thiazole rings is 1. The third-order valence-corrected chi connectivity index (χ3v) is 4.52. The predicted octanol–water partition coefficient (Wildman–Crippen LogP) is 3.74. The fourth-order valence-electron chi connectivity index (χ4n) is 2.38. The van der Waals surface area contributed by atoms with E-state index in [1.54, 1.807) is 11.3 Å². The Morgan fingerprint density at radius 3 is 2.80 bits per heavy atom. The van der Waals surface area contributed by atoms with Gasteiger partial charge in [-0.15, -0.1) is 11.3 Å². The van der Waals surface area contributed by atoms with Crippen molar-refractivity contribution < 1.29 is 9.53 Å². The van der Waals surface area contributed by atoms with E-state index in [0.29, 0.717) is 12.3 Å². The summed E-state index contributed by atoms with van der Waals surface area (Å²) in [6, 6.07) is 17.9. The van der Waals surface area contributed by atoms with Crippen LogP contribution in [0.5, 0.6) is 5.75 Å². The first kappa shape index (κ1) is 17.2. The first-order valence-electron chi connectivity index (χ1n) is 8.12. The minimum absolute atomic E-state index is 0.00443. The van der Waals surface area contributed by atoms with Gasteiger partial charge in [0, 0.05) is 11.8 Å². The second-order valence-electron chi connectivity index (χ2n) is 5.78. The molecule has 0 spiro atoms. The van der Waals surface area contributed by atoms with Crippen molar-refractivity contribution in [1.82, 2.24) is 10.3 Å². The van der Waals surface area contributed by atoms with Crippen LogP contribution in [0, 0.1) is 6.92 Å². The second-order valence-corrected chi connectivity index (χ2v) is 6.72. The van der Waals surface area contributed by atoms with Crippen LogP contribution in [0.25, 0.3) is 0 Å². The molecule has 0 saturated carbocycles. The molecule has 1 aromatic heterocycles. The van der Waals surface area contributed by atoms with Crippen LogP contribution in [0.4, 0.5) is 0 Å². The van der Waals surface area contributed by atoms with E-state index in [9.17, 15) is 4.79 Å². The van der Waals surface area contributed by atoms with Crippen molar-refractivity contribution in [2.24, 2.45) is 0 Å². The Morgan fingerprint density at radius 1 is 1.16 bits per heavy atom. The standard InChI is InChI=1S/C20H20N2O2S/c1-15-6-5-9-18(10-15)24-13-19(23)21-12-17-14-25-20(22-17)11-16-7-3-2-4-8-16/h2-10,14H,11-13H2,1H3,(H,21,23). The molecule has 25 heavy (non-hydrogen) atoms. The highest BCUT2D eigenvalue weighted by Crippen LogP contribution is 2.15. The van der Waals surface area contributed by atoms with Crippen LogP contribution < -0.4 is 10.1 Å². The van der Waals surface area contributed by atoms with Crippen molar-refractivity contribution in [2.45, 2.75) is 19.9 Å². The van der Waals surface area contributed by atoms with Gasteiger partial charge < -0.3 is 10.1 Å². The summed E-state index contributed by atoms with van der Waals surface area (Å²) in [6.45, 7) is 2.41. The van der Waals surface area contributed by atoms with Gasteiger partial charge in [-0.3, -0.25) is 4.79 Å². The molecule has 1 heterocycles. The van der Waals surface area contributed by atoms with Crippen molar-refractivity contribution in [3.63, 3.8) is 0 Å². The number of hydrogen-bond acceptors (Lipinski definition) is 4. The molecule has 0 radical (unpaired) electrons. The number of benzene rings is 2. The van der Waals surface area contributed by atoms with E-state index in [4.69, 9.17) is 4.74 Å². The predicted molar refractivity (Wildman–Crippen MR) is 99.9 cm³/mol. The van der Waals surface area contributed by atoms with Gasteiger partial charge in [-0.2, -0.15) is 0 Å². The highest BCUT2D eigenvalue weighted by molar-refractivity contribution is 7.09. The quantitative estimate of drug-likeness (QED) is 0.705. The average Bonchev–Trinajstić information content (AvgIpc) is 3.06. The molecule has 3 aromatic rings. The molecule has 3 rings (SSSR count). The molecule has 0 unspecified atom stereocenters. The van der Waals surface area contributed by atoms with Crippen LogP contribution in [-0.4, -0.2) is 17.5 Å². The summed E-state index contributed by atoms with van der Waals surface area (Å²) < 4.78 is 5.49. The van der Waals surface area contributed by atoms with E-state index in [1.165, 1.54) is 5.56 Å². The number of carbonyl (C=O) groups excluding carboxylic acids is 1. The third kappa shape index (κ3) is 5.43. The molecule has 5 heteroatoms. The van der Waals surface area contributed by atoms with Crippen LogP contribution in [0.3, 0.4) is 0 Å². The molecule has 1 amide bonds. The SMILES string of the molecule is Cc1cccc(OCC(=O)NCc2csc(Cc3ccccc3)n2)c1. The fourth-order valence-corrected chi connectivity index (χ4v) is 3.20. The first-order valence-corrected chi connectivity index (χ1v) is 9.00. The number of rotatable bonds is 7. The number of nitrogens with one attached hydrogen (secondary N) is 1. The highest BCUT2D eigenvalue weighted by Gasteiger charge is 2.06. The lowest BCUT2D eigenvalue weighted by molar-refractivity contribution is -0.123. The molecule has 4 nitrogen and oxygen atoms in total. The Kier molecular flexibility index (Phi) is 5.80. The maximum atomic E-state index is 11.9. The molecular formula is C20H20N2O2S. The van der Waals surface area contributed by atoms with Gasteiger partial charge in [-0.25, -0.2) is 4.98 Å². The normalized spacial score (nSPS) is 10.4. The van der Waals surface area contributed by atoms with Crippen LogP contribution >= 0.6 is 11.3 Å². The zero-order valence-electron chi connectivity index (χ0n) is 14.1. The van der Waals surface area contributed by atoms with Crippen LogP contribution in [-0.2, 0) is 17.8 Å². The Morgan fingerprint density at radius 2 is 2.00 bits per heavy atom. The zero-order valence-corrected chi connectivity index (χ0v) is 14.9. The molecule has 0 saturated heterocycles. The lowest BCUT2D eigenvalue weighted by atomic mass is 10.2. The van der Waals surface area contributed by atoms with E-state index < -0.39 is 0 Å². The molecule has 0 aliphatic carbocycles. The molecule has 0 bridgehead atoms. The van der Waals surface area contributed by atoms with E-state index in [2.05, 4.69) is 22.4 Å². The number of carbonyl (C=O) groups is 1. The summed E-state index contributed by atoms with van der Waals surface area (Å²) in [5.74, 6) is 0.549. The molecule has 0 aliphatic rings. The minimum atomic E-state index is -0.154. The smallest absolute Gasteiger partial charge is 0.258 e. The van der Waals surface area contributed by atoms with E-state index in [1.807, 2.05) is 54.8 Å². The maximum absolute atomic E-state index is 11.9. The zero-order chi connectivity index (χ0) is 17.5. The lowest BCUT2D eigenvalue weighted by Crippen LogP contribution is -2.28. The van der Waals surface area contributed by atoms with Gasteiger partial charge in [0.05, 0.1) is 17.2 Å². The molecule has 0 atom stereocenters. The van der Waals surface area contributed by atoms with E-state index in [-0.39, 0.29) is 12.5 Å². The summed E-state index contributed by atoms with van der Waals surface area (Å²) >= 11 is 1.61. The van der Waals surface area contributed by atoms with Gasteiger partial charge in [0.1, 0.15) is 5.75 Å². The number of aromatic nitrogens is 1. The topological polar surface area (TPSA) is 51.2 Å². The largest absolute Gasteiger partial charge is 0.484 e. The van der Waals surface area contributed by atoms with Crippen molar-refractivity contribution in [3.05, 3.63) is 81.8 Å². The Labute approximate surface area is 151 Å². The summed E-state index contributed by atoms with van der Waals surface area (Å²) in [5, 5.41) is 5.87. The minimum Gasteiger partial charge on any atom is -0.484 e. The Bertz CT molecular complexity index is 830. The van der Waals surface area contributed by atoms with E-state index in [0.717, 1.165) is 22.7 Å². The highest BCUT2D eigenvalue weighted by atomic mass is 32.1. The van der Waals surface area contributed by atoms with Crippen LogP contribution in [0.2, 0.25) is 0 Å². The molecule has 0 aliphatic heterocycles. The Hall–Kier alpha value is -2.66. The summed E-state index contributed by atoms with van der Waals surface area (Å²) in [7, 11) is 0. The number of ether oxygens (including phenoxy) is 1. The average molecular weight is 352 g/mol. The van der Waals surface area contributed by atoms with Gasteiger partial charge in [-0.1, -0.05) is 42.5 Å². The van der Waals surface area contributed by atoms with Gasteiger partial charge in [0.25, 0.3) is 5.91 Å². The lowest BCUT2D eigenvalue weighted by Gasteiger charge is -2.07. The molecule has 0 fully saturated rings. The van der Waals surface area contributed by atoms with Gasteiger partial charge in [-0.05, 0) is 30.2 Å². The van der Waals surface area contributed by atoms with E-state index >= 15 is 0 Å². The maximum Gasteiger partial charge on any atom is 0.258 e. The summed E-state index contributed by atoms with van der Waals surface area (Å²) in [4.78, 5) is 16.5. The molecular weight excluding hydrogens is 332 g/mol. The number of nitrogens with zero attached hydrogens (tertiary/aromatic N) is 1. The fraction of sp³-hybridized carbons (Fsp3) is 0.200.